The number of hydrogen-bond acceptors (Lipinski definition) is 5. The van der Waals surface area contributed by atoms with Crippen LogP contribution in [0.4, 0.5) is 0 Å². The number of carbonyl (C=O) groups is 2. The summed E-state index contributed by atoms with van der Waals surface area (Å²) in [5.41, 5.74) is 0.102. The lowest BCUT2D eigenvalue weighted by molar-refractivity contribution is -0.129. The molecule has 0 spiro atoms. The normalized spacial score (nSPS) is 16.4. The highest BCUT2D eigenvalue weighted by Gasteiger charge is 2.24. The predicted molar refractivity (Wildman–Crippen MR) is 111 cm³/mol. The van der Waals surface area contributed by atoms with Crippen molar-refractivity contribution >= 4 is 21.9 Å². The maximum Gasteiger partial charge on any atom is 0.338 e. The van der Waals surface area contributed by atoms with Crippen molar-refractivity contribution in [1.82, 2.24) is 9.62 Å². The first-order valence-electron chi connectivity index (χ1n) is 10.4. The van der Waals surface area contributed by atoms with Crippen LogP contribution in [0.25, 0.3) is 0 Å². The largest absolute Gasteiger partial charge is 0.449 e. The zero-order chi connectivity index (χ0) is 21.4. The number of nitrogens with zero attached hydrogens (tertiary/aromatic N) is 1. The average Bonchev–Trinajstić information content (AvgIpc) is 2.73. The molecule has 29 heavy (non-hydrogen) atoms. The molecule has 1 aliphatic carbocycles. The zero-order valence-electron chi connectivity index (χ0n) is 17.5. The fourth-order valence-electron chi connectivity index (χ4n) is 3.56. The van der Waals surface area contributed by atoms with Crippen molar-refractivity contribution in [2.75, 3.05) is 19.6 Å². The van der Waals surface area contributed by atoms with Crippen molar-refractivity contribution in [1.29, 1.82) is 0 Å². The predicted octanol–water partition coefficient (Wildman–Crippen LogP) is 2.96. The highest BCUT2D eigenvalue weighted by molar-refractivity contribution is 7.89. The van der Waals surface area contributed by atoms with Crippen molar-refractivity contribution in [2.45, 2.75) is 63.9 Å². The zero-order valence-corrected chi connectivity index (χ0v) is 18.3. The quantitative estimate of drug-likeness (QED) is 0.615. The van der Waals surface area contributed by atoms with E-state index in [0.29, 0.717) is 25.6 Å². The van der Waals surface area contributed by atoms with Gasteiger partial charge in [-0.25, -0.2) is 13.2 Å². The summed E-state index contributed by atoms with van der Waals surface area (Å²) in [7, 11) is -3.68. The first kappa shape index (κ1) is 23.3. The molecule has 7 nitrogen and oxygen atoms in total. The molecular weight excluding hydrogens is 392 g/mol. The minimum absolute atomic E-state index is 0.0325. The van der Waals surface area contributed by atoms with Gasteiger partial charge in [-0.15, -0.1) is 0 Å². The topological polar surface area (TPSA) is 92.8 Å². The van der Waals surface area contributed by atoms with Crippen LogP contribution in [-0.2, 0) is 19.6 Å². The summed E-state index contributed by atoms with van der Waals surface area (Å²) >= 11 is 0. The molecule has 0 aliphatic heterocycles. The molecule has 1 amide bonds. The van der Waals surface area contributed by atoms with Crippen LogP contribution in [0.2, 0.25) is 0 Å². The van der Waals surface area contributed by atoms with Gasteiger partial charge in [-0.3, -0.25) is 4.79 Å². The van der Waals surface area contributed by atoms with Crippen LogP contribution in [0.15, 0.2) is 29.2 Å². The van der Waals surface area contributed by atoms with Crippen LogP contribution in [0.5, 0.6) is 0 Å². The van der Waals surface area contributed by atoms with Crippen molar-refractivity contribution < 1.29 is 22.7 Å². The van der Waals surface area contributed by atoms with E-state index in [1.807, 2.05) is 0 Å². The minimum atomic E-state index is -3.68. The molecule has 0 bridgehead atoms. The third kappa shape index (κ3) is 6.27. The molecular formula is C21H32N2O5S. The molecule has 0 unspecified atom stereocenters. The van der Waals surface area contributed by atoms with Gasteiger partial charge in [-0.05, 0) is 43.9 Å². The molecule has 0 aromatic heterocycles. The fourth-order valence-corrected chi connectivity index (χ4v) is 5.06. The van der Waals surface area contributed by atoms with Crippen LogP contribution in [0.1, 0.15) is 63.2 Å². The number of benzene rings is 1. The van der Waals surface area contributed by atoms with Crippen LogP contribution in [0, 0.1) is 5.92 Å². The van der Waals surface area contributed by atoms with E-state index in [9.17, 15) is 18.0 Å². The Morgan fingerprint density at radius 3 is 2.45 bits per heavy atom. The summed E-state index contributed by atoms with van der Waals surface area (Å²) in [5, 5.41) is 2.86. The van der Waals surface area contributed by atoms with Gasteiger partial charge in [0.25, 0.3) is 5.91 Å². The molecule has 162 valence electrons. The van der Waals surface area contributed by atoms with Crippen LogP contribution in [-0.4, -0.2) is 50.3 Å². The van der Waals surface area contributed by atoms with Crippen molar-refractivity contribution in [3.8, 4) is 0 Å². The first-order chi connectivity index (χ1) is 13.8. The third-order valence-electron chi connectivity index (χ3n) is 5.36. The molecule has 1 aromatic rings. The lowest BCUT2D eigenvalue weighted by Crippen LogP contribution is -2.38. The summed E-state index contributed by atoms with van der Waals surface area (Å²) in [4.78, 5) is 24.7. The third-order valence-corrected chi connectivity index (χ3v) is 7.40. The van der Waals surface area contributed by atoms with Gasteiger partial charge in [0.1, 0.15) is 0 Å². The fraction of sp³-hybridized carbons (Fsp3) is 0.619. The number of esters is 1. The minimum Gasteiger partial charge on any atom is -0.449 e. The van der Waals surface area contributed by atoms with Crippen molar-refractivity contribution in [2.24, 2.45) is 5.92 Å². The van der Waals surface area contributed by atoms with E-state index in [-0.39, 0.29) is 16.4 Å². The number of carbonyl (C=O) groups excluding carboxylic acids is 2. The number of nitrogens with one attached hydrogen (secondary N) is 1. The monoisotopic (exact) mass is 424 g/mol. The lowest BCUT2D eigenvalue weighted by Gasteiger charge is -2.22. The van der Waals surface area contributed by atoms with E-state index in [1.54, 1.807) is 13.8 Å². The number of rotatable bonds is 9. The van der Waals surface area contributed by atoms with E-state index in [1.165, 1.54) is 54.8 Å². The molecule has 1 N–H and O–H groups in total. The number of ether oxygens (including phenoxy) is 1. The maximum atomic E-state index is 12.6. The molecule has 2 rings (SSSR count). The van der Waals surface area contributed by atoms with Gasteiger partial charge < -0.3 is 10.1 Å². The highest BCUT2D eigenvalue weighted by atomic mass is 32.2. The summed E-state index contributed by atoms with van der Waals surface area (Å²) in [6.45, 7) is 6.31. The lowest BCUT2D eigenvalue weighted by atomic mass is 9.89. The first-order valence-corrected chi connectivity index (χ1v) is 11.8. The summed E-state index contributed by atoms with van der Waals surface area (Å²) < 4.78 is 31.9. The molecule has 0 heterocycles. The number of sulfonamides is 1. The van der Waals surface area contributed by atoms with E-state index in [4.69, 9.17) is 4.74 Å². The Hall–Kier alpha value is -1.93. The second kappa shape index (κ2) is 10.7. The summed E-state index contributed by atoms with van der Waals surface area (Å²) in [5.74, 6) is -0.574. The van der Waals surface area contributed by atoms with Crippen LogP contribution in [0.3, 0.4) is 0 Å². The Balaban J connectivity index is 1.98. The van der Waals surface area contributed by atoms with E-state index in [0.717, 1.165) is 12.8 Å². The molecule has 1 fully saturated rings. The van der Waals surface area contributed by atoms with E-state index >= 15 is 0 Å². The van der Waals surface area contributed by atoms with Gasteiger partial charge in [0.2, 0.25) is 10.0 Å². The van der Waals surface area contributed by atoms with Gasteiger partial charge in [-0.2, -0.15) is 4.31 Å². The molecule has 8 heteroatoms. The molecule has 0 saturated heterocycles. The molecule has 1 aliphatic rings. The standard InChI is InChI=1S/C21H32N2O5S/c1-4-23(5-2)29(26,27)19-13-9-12-18(14-19)21(25)28-16(3)20(24)22-15-17-10-7-6-8-11-17/h9,12-14,16-17H,4-8,10-11,15H2,1-3H3,(H,22,24)/t16-/m0/s1. The summed E-state index contributed by atoms with van der Waals surface area (Å²) in [6, 6.07) is 5.73. The summed E-state index contributed by atoms with van der Waals surface area (Å²) in [6.07, 6.45) is 4.91. The highest BCUT2D eigenvalue weighted by Crippen LogP contribution is 2.23. The van der Waals surface area contributed by atoms with Gasteiger partial charge >= 0.3 is 5.97 Å². The smallest absolute Gasteiger partial charge is 0.338 e. The second-order valence-electron chi connectivity index (χ2n) is 7.41. The Kier molecular flexibility index (Phi) is 8.64. The Morgan fingerprint density at radius 1 is 1.17 bits per heavy atom. The molecule has 1 saturated carbocycles. The molecule has 0 radical (unpaired) electrons. The molecule has 1 atom stereocenters. The van der Waals surface area contributed by atoms with Gasteiger partial charge in [0.05, 0.1) is 10.5 Å². The second-order valence-corrected chi connectivity index (χ2v) is 9.35. The van der Waals surface area contributed by atoms with Crippen molar-refractivity contribution in [3.63, 3.8) is 0 Å². The van der Waals surface area contributed by atoms with Crippen LogP contribution >= 0.6 is 0 Å². The van der Waals surface area contributed by atoms with E-state index in [2.05, 4.69) is 5.32 Å². The van der Waals surface area contributed by atoms with Crippen molar-refractivity contribution in [3.05, 3.63) is 29.8 Å². The number of hydrogen-bond donors (Lipinski definition) is 1. The number of amides is 1. The maximum absolute atomic E-state index is 12.6. The Morgan fingerprint density at radius 2 is 1.83 bits per heavy atom. The molecule has 1 aromatic carbocycles. The average molecular weight is 425 g/mol. The van der Waals surface area contributed by atoms with Gasteiger partial charge in [0.15, 0.2) is 6.10 Å². The van der Waals surface area contributed by atoms with Gasteiger partial charge in [0, 0.05) is 19.6 Å². The SMILES string of the molecule is CCN(CC)S(=O)(=O)c1cccc(C(=O)O[C@@H](C)C(=O)NCC2CCCCC2)c1. The van der Waals surface area contributed by atoms with E-state index < -0.39 is 22.1 Å². The Bertz CT molecular complexity index is 799. The van der Waals surface area contributed by atoms with Crippen LogP contribution < -0.4 is 5.32 Å². The Labute approximate surface area is 173 Å². The van der Waals surface area contributed by atoms with Gasteiger partial charge in [-0.1, -0.05) is 39.2 Å².